The molecule has 3 aliphatic rings. The highest BCUT2D eigenvalue weighted by Gasteiger charge is 2.40. The van der Waals surface area contributed by atoms with Crippen LogP contribution in [0.25, 0.3) is 0 Å². The summed E-state index contributed by atoms with van der Waals surface area (Å²) in [5, 5.41) is 3.47. The maximum absolute atomic E-state index is 6.23. The molecule has 0 saturated carbocycles. The summed E-state index contributed by atoms with van der Waals surface area (Å²) in [4.78, 5) is 9.32. The fourth-order valence-electron chi connectivity index (χ4n) is 4.44. The van der Waals surface area contributed by atoms with Gasteiger partial charge in [-0.25, -0.2) is 0 Å². The van der Waals surface area contributed by atoms with Crippen LogP contribution in [0.5, 0.6) is 0 Å². The second-order valence-corrected chi connectivity index (χ2v) is 7.16. The Bertz CT molecular complexity index is 500. The highest BCUT2D eigenvalue weighted by atomic mass is 35.5. The van der Waals surface area contributed by atoms with Gasteiger partial charge in [0.2, 0.25) is 0 Å². The second kappa shape index (κ2) is 9.38. The molecule has 7 heteroatoms. The van der Waals surface area contributed by atoms with E-state index in [4.69, 9.17) is 4.74 Å². The number of nitrogens with zero attached hydrogens (tertiary/aromatic N) is 3. The Morgan fingerprint density at radius 3 is 2.40 bits per heavy atom. The first-order valence-corrected chi connectivity index (χ1v) is 9.08. The third kappa shape index (κ3) is 4.77. The minimum Gasteiger partial charge on any atom is -0.375 e. The Morgan fingerprint density at radius 2 is 1.72 bits per heavy atom. The lowest BCUT2D eigenvalue weighted by Gasteiger charge is -2.48. The molecular weight excluding hydrogens is 359 g/mol. The molecule has 5 nitrogen and oxygen atoms in total. The Kier molecular flexibility index (Phi) is 7.77. The standard InChI is InChI=1S/C18H28N4O.2ClH/c1-6-19-7-2-16(1)21-10-12-22(13-11-21)17-3-14-23-18(15-17)4-8-20-9-5-18;;/h1-2,6-7,17,20H,3-5,8-15H2;2*1H. The first kappa shape index (κ1) is 20.7. The van der Waals surface area contributed by atoms with Crippen LogP contribution in [0.4, 0.5) is 5.69 Å². The zero-order valence-electron chi connectivity index (χ0n) is 14.7. The normalized spacial score (nSPS) is 26.6. The molecule has 3 saturated heterocycles. The average Bonchev–Trinajstić information content (AvgIpc) is 2.63. The summed E-state index contributed by atoms with van der Waals surface area (Å²) >= 11 is 0. The van der Waals surface area contributed by atoms with Crippen molar-refractivity contribution in [1.29, 1.82) is 0 Å². The molecule has 4 rings (SSSR count). The molecule has 1 spiro atoms. The zero-order valence-corrected chi connectivity index (χ0v) is 16.4. The molecule has 0 aromatic carbocycles. The van der Waals surface area contributed by atoms with Gasteiger partial charge in [0.25, 0.3) is 0 Å². The largest absolute Gasteiger partial charge is 0.375 e. The lowest BCUT2D eigenvalue weighted by molar-refractivity contribution is -0.121. The smallest absolute Gasteiger partial charge is 0.0721 e. The van der Waals surface area contributed by atoms with Crippen molar-refractivity contribution in [2.45, 2.75) is 37.3 Å². The molecule has 0 amide bonds. The number of halogens is 2. The molecule has 0 radical (unpaired) electrons. The number of hydrogen-bond donors (Lipinski definition) is 1. The summed E-state index contributed by atoms with van der Waals surface area (Å²) in [6.07, 6.45) is 8.57. The van der Waals surface area contributed by atoms with Crippen LogP contribution in [0.3, 0.4) is 0 Å². The molecule has 1 N–H and O–H groups in total. The second-order valence-electron chi connectivity index (χ2n) is 7.16. The van der Waals surface area contributed by atoms with E-state index in [2.05, 4.69) is 32.2 Å². The van der Waals surface area contributed by atoms with Gasteiger partial charge in [0, 0.05) is 56.9 Å². The highest BCUT2D eigenvalue weighted by Crippen LogP contribution is 2.35. The van der Waals surface area contributed by atoms with E-state index in [0.29, 0.717) is 6.04 Å². The van der Waals surface area contributed by atoms with E-state index in [9.17, 15) is 0 Å². The van der Waals surface area contributed by atoms with Gasteiger partial charge in [-0.3, -0.25) is 9.88 Å². The van der Waals surface area contributed by atoms with Crippen LogP contribution >= 0.6 is 24.8 Å². The molecule has 1 unspecified atom stereocenters. The fraction of sp³-hybridized carbons (Fsp3) is 0.722. The number of hydrogen-bond acceptors (Lipinski definition) is 5. The predicted molar refractivity (Wildman–Crippen MR) is 106 cm³/mol. The van der Waals surface area contributed by atoms with E-state index >= 15 is 0 Å². The quantitative estimate of drug-likeness (QED) is 0.841. The molecule has 1 aromatic heterocycles. The monoisotopic (exact) mass is 388 g/mol. The first-order valence-electron chi connectivity index (χ1n) is 9.08. The Hall–Kier alpha value is -0.590. The van der Waals surface area contributed by atoms with Gasteiger partial charge < -0.3 is 15.0 Å². The van der Waals surface area contributed by atoms with Crippen molar-refractivity contribution in [3.63, 3.8) is 0 Å². The lowest BCUT2D eigenvalue weighted by Crippen LogP contribution is -2.56. The summed E-state index contributed by atoms with van der Waals surface area (Å²) in [7, 11) is 0. The van der Waals surface area contributed by atoms with Gasteiger partial charge in [-0.15, -0.1) is 24.8 Å². The maximum Gasteiger partial charge on any atom is 0.0721 e. The Labute approximate surface area is 163 Å². The molecule has 1 aromatic rings. The van der Waals surface area contributed by atoms with Crippen LogP contribution in [0.2, 0.25) is 0 Å². The number of rotatable bonds is 2. The molecule has 25 heavy (non-hydrogen) atoms. The molecule has 142 valence electrons. The van der Waals surface area contributed by atoms with Gasteiger partial charge in [-0.2, -0.15) is 0 Å². The topological polar surface area (TPSA) is 40.6 Å². The van der Waals surface area contributed by atoms with Crippen molar-refractivity contribution in [1.82, 2.24) is 15.2 Å². The zero-order chi connectivity index (χ0) is 15.5. The minimum absolute atomic E-state index is 0. The van der Waals surface area contributed by atoms with Crippen LogP contribution in [-0.2, 0) is 4.74 Å². The molecule has 1 atom stereocenters. The Morgan fingerprint density at radius 1 is 1.04 bits per heavy atom. The molecule has 4 heterocycles. The minimum atomic E-state index is 0. The van der Waals surface area contributed by atoms with E-state index in [1.807, 2.05) is 12.4 Å². The van der Waals surface area contributed by atoms with Crippen molar-refractivity contribution in [2.24, 2.45) is 0 Å². The molecule has 3 aliphatic heterocycles. The third-order valence-electron chi connectivity index (χ3n) is 5.84. The van der Waals surface area contributed by atoms with Crippen molar-refractivity contribution in [3.8, 4) is 0 Å². The van der Waals surface area contributed by atoms with E-state index in [1.54, 1.807) is 0 Å². The third-order valence-corrected chi connectivity index (χ3v) is 5.84. The van der Waals surface area contributed by atoms with Gasteiger partial charge in [0.05, 0.1) is 5.60 Å². The van der Waals surface area contributed by atoms with Crippen molar-refractivity contribution >= 4 is 30.5 Å². The molecule has 0 aliphatic carbocycles. The first-order chi connectivity index (χ1) is 11.3. The summed E-state index contributed by atoms with van der Waals surface area (Å²) in [6, 6.07) is 4.95. The van der Waals surface area contributed by atoms with Crippen LogP contribution in [-0.4, -0.2) is 67.4 Å². The van der Waals surface area contributed by atoms with E-state index in [-0.39, 0.29) is 30.4 Å². The van der Waals surface area contributed by atoms with Crippen LogP contribution in [0, 0.1) is 0 Å². The number of piperazine rings is 1. The van der Waals surface area contributed by atoms with Crippen LogP contribution < -0.4 is 10.2 Å². The number of ether oxygens (including phenoxy) is 1. The van der Waals surface area contributed by atoms with Gasteiger partial charge in [-0.05, 0) is 50.9 Å². The van der Waals surface area contributed by atoms with Gasteiger partial charge >= 0.3 is 0 Å². The van der Waals surface area contributed by atoms with E-state index < -0.39 is 0 Å². The van der Waals surface area contributed by atoms with Crippen LogP contribution in [0.15, 0.2) is 24.5 Å². The summed E-state index contributed by atoms with van der Waals surface area (Å²) < 4.78 is 6.23. The maximum atomic E-state index is 6.23. The van der Waals surface area contributed by atoms with Crippen molar-refractivity contribution in [3.05, 3.63) is 24.5 Å². The van der Waals surface area contributed by atoms with Crippen LogP contribution in [0.1, 0.15) is 25.7 Å². The summed E-state index contributed by atoms with van der Waals surface area (Å²) in [6.45, 7) is 7.74. The molecule has 0 bridgehead atoms. The fourth-order valence-corrected chi connectivity index (χ4v) is 4.44. The number of pyridine rings is 1. The van der Waals surface area contributed by atoms with Gasteiger partial charge in [-0.1, -0.05) is 0 Å². The molecular formula is C18H30Cl2N4O. The number of piperidine rings is 1. The van der Waals surface area contributed by atoms with Crippen molar-refractivity contribution in [2.75, 3.05) is 50.8 Å². The van der Waals surface area contributed by atoms with Gasteiger partial charge in [0.1, 0.15) is 0 Å². The highest BCUT2D eigenvalue weighted by molar-refractivity contribution is 5.85. The lowest BCUT2D eigenvalue weighted by atomic mass is 9.82. The molecule has 3 fully saturated rings. The average molecular weight is 389 g/mol. The van der Waals surface area contributed by atoms with E-state index in [0.717, 1.165) is 32.8 Å². The SMILES string of the molecule is Cl.Cl.c1cc(N2CCN(C3CCOC4(CCNCC4)C3)CC2)ccn1. The number of aromatic nitrogens is 1. The predicted octanol–water partition coefficient (Wildman–Crippen LogP) is 2.35. The Balaban J connectivity index is 0.00000113. The summed E-state index contributed by atoms with van der Waals surface area (Å²) in [5.41, 5.74) is 1.47. The number of nitrogens with one attached hydrogen (secondary N) is 1. The van der Waals surface area contributed by atoms with Crippen molar-refractivity contribution < 1.29 is 4.74 Å². The van der Waals surface area contributed by atoms with E-state index in [1.165, 1.54) is 44.5 Å². The summed E-state index contributed by atoms with van der Waals surface area (Å²) in [5.74, 6) is 0. The van der Waals surface area contributed by atoms with Gasteiger partial charge in [0.15, 0.2) is 0 Å². The number of anilines is 1.